The van der Waals surface area contributed by atoms with Crippen LogP contribution in [0.5, 0.6) is 5.75 Å². The molecule has 4 heteroatoms. The largest absolute Gasteiger partial charge is 0.495 e. The van der Waals surface area contributed by atoms with E-state index in [0.717, 1.165) is 5.56 Å². The Bertz CT molecular complexity index is 405. The molecule has 1 fully saturated rings. The van der Waals surface area contributed by atoms with E-state index < -0.39 is 5.60 Å². The Morgan fingerprint density at radius 1 is 1.41 bits per heavy atom. The average molecular weight is 237 g/mol. The fourth-order valence-corrected chi connectivity index (χ4v) is 2.37. The number of pyridine rings is 1. The van der Waals surface area contributed by atoms with Crippen molar-refractivity contribution in [1.29, 1.82) is 0 Å². The van der Waals surface area contributed by atoms with E-state index in [0.29, 0.717) is 25.2 Å². The van der Waals surface area contributed by atoms with Gasteiger partial charge in [-0.1, -0.05) is 0 Å². The number of methoxy groups -OCH3 is 1. The van der Waals surface area contributed by atoms with E-state index in [4.69, 9.17) is 9.47 Å². The van der Waals surface area contributed by atoms with E-state index in [-0.39, 0.29) is 5.60 Å². The van der Waals surface area contributed by atoms with Crippen molar-refractivity contribution in [3.63, 3.8) is 0 Å². The van der Waals surface area contributed by atoms with Gasteiger partial charge in [0.15, 0.2) is 0 Å². The SMILES string of the molecule is COc1cncc(C2(O)CCOC(C)(C)C2)c1. The van der Waals surface area contributed by atoms with Crippen LogP contribution in [0.15, 0.2) is 18.5 Å². The van der Waals surface area contributed by atoms with Crippen molar-refractivity contribution in [2.45, 2.75) is 37.9 Å². The number of aliphatic hydroxyl groups is 1. The number of hydrogen-bond acceptors (Lipinski definition) is 4. The van der Waals surface area contributed by atoms with Crippen LogP contribution in [0.3, 0.4) is 0 Å². The molecule has 0 aromatic carbocycles. The second kappa shape index (κ2) is 4.27. The Morgan fingerprint density at radius 2 is 2.18 bits per heavy atom. The molecule has 17 heavy (non-hydrogen) atoms. The molecule has 0 bridgehead atoms. The Kier molecular flexibility index (Phi) is 3.10. The summed E-state index contributed by atoms with van der Waals surface area (Å²) in [7, 11) is 1.60. The molecule has 1 aliphatic heterocycles. The predicted octanol–water partition coefficient (Wildman–Crippen LogP) is 1.87. The fraction of sp³-hybridized carbons (Fsp3) is 0.615. The van der Waals surface area contributed by atoms with Crippen LogP contribution < -0.4 is 4.74 Å². The molecule has 2 heterocycles. The Morgan fingerprint density at radius 3 is 2.82 bits per heavy atom. The molecule has 0 amide bonds. The van der Waals surface area contributed by atoms with Gasteiger partial charge in [0.05, 0.1) is 31.1 Å². The quantitative estimate of drug-likeness (QED) is 0.853. The minimum atomic E-state index is -0.872. The van der Waals surface area contributed by atoms with Gasteiger partial charge in [-0.05, 0) is 19.9 Å². The van der Waals surface area contributed by atoms with Gasteiger partial charge in [0.2, 0.25) is 0 Å². The minimum Gasteiger partial charge on any atom is -0.495 e. The molecule has 4 nitrogen and oxygen atoms in total. The normalized spacial score (nSPS) is 27.8. The highest BCUT2D eigenvalue weighted by Gasteiger charge is 2.40. The van der Waals surface area contributed by atoms with E-state index in [9.17, 15) is 5.11 Å². The lowest BCUT2D eigenvalue weighted by Gasteiger charge is -2.41. The van der Waals surface area contributed by atoms with Crippen molar-refractivity contribution < 1.29 is 14.6 Å². The molecule has 0 spiro atoms. The monoisotopic (exact) mass is 237 g/mol. The molecule has 1 N–H and O–H groups in total. The van der Waals surface area contributed by atoms with E-state index in [1.165, 1.54) is 0 Å². The van der Waals surface area contributed by atoms with Gasteiger partial charge >= 0.3 is 0 Å². The van der Waals surface area contributed by atoms with Crippen LogP contribution in [0, 0.1) is 0 Å². The molecule has 0 saturated carbocycles. The van der Waals surface area contributed by atoms with Gasteiger partial charge in [-0.15, -0.1) is 0 Å². The standard InChI is InChI=1S/C13H19NO3/c1-12(2)9-13(15,4-5-17-12)10-6-11(16-3)8-14-7-10/h6-8,15H,4-5,9H2,1-3H3. The van der Waals surface area contributed by atoms with Crippen molar-refractivity contribution in [3.05, 3.63) is 24.0 Å². The molecule has 1 atom stereocenters. The average Bonchev–Trinajstić information content (AvgIpc) is 2.27. The lowest BCUT2D eigenvalue weighted by molar-refractivity contribution is -0.148. The summed E-state index contributed by atoms with van der Waals surface area (Å²) in [5, 5.41) is 10.7. The third kappa shape index (κ3) is 2.58. The number of nitrogens with zero attached hydrogens (tertiary/aromatic N) is 1. The summed E-state index contributed by atoms with van der Waals surface area (Å²) in [4.78, 5) is 4.10. The summed E-state index contributed by atoms with van der Waals surface area (Å²) in [6.07, 6.45) is 4.49. The Labute approximate surface area is 102 Å². The zero-order chi connectivity index (χ0) is 12.5. The van der Waals surface area contributed by atoms with Gasteiger partial charge in [0, 0.05) is 24.6 Å². The molecule has 1 aromatic rings. The highest BCUT2D eigenvalue weighted by Crippen LogP contribution is 2.39. The summed E-state index contributed by atoms with van der Waals surface area (Å²) in [6, 6.07) is 1.84. The van der Waals surface area contributed by atoms with Gasteiger partial charge in [0.25, 0.3) is 0 Å². The number of rotatable bonds is 2. The lowest BCUT2D eigenvalue weighted by atomic mass is 9.80. The molecule has 1 saturated heterocycles. The van der Waals surface area contributed by atoms with Crippen LogP contribution in [-0.2, 0) is 10.3 Å². The molecule has 1 unspecified atom stereocenters. The van der Waals surface area contributed by atoms with Crippen molar-refractivity contribution in [3.8, 4) is 5.75 Å². The maximum atomic E-state index is 10.7. The number of aromatic nitrogens is 1. The van der Waals surface area contributed by atoms with Crippen LogP contribution in [0.1, 0.15) is 32.3 Å². The molecular formula is C13H19NO3. The van der Waals surface area contributed by atoms with E-state index in [1.54, 1.807) is 19.5 Å². The second-order valence-corrected chi connectivity index (χ2v) is 5.18. The van der Waals surface area contributed by atoms with Crippen LogP contribution >= 0.6 is 0 Å². The third-order valence-electron chi connectivity index (χ3n) is 3.21. The molecule has 1 aromatic heterocycles. The first kappa shape index (κ1) is 12.3. The number of ether oxygens (including phenoxy) is 2. The van der Waals surface area contributed by atoms with Crippen molar-refractivity contribution in [2.24, 2.45) is 0 Å². The van der Waals surface area contributed by atoms with Gasteiger partial charge in [0.1, 0.15) is 5.75 Å². The lowest BCUT2D eigenvalue weighted by Crippen LogP contribution is -2.43. The first-order valence-electron chi connectivity index (χ1n) is 5.81. The smallest absolute Gasteiger partial charge is 0.137 e. The predicted molar refractivity (Wildman–Crippen MR) is 64.0 cm³/mol. The molecular weight excluding hydrogens is 218 g/mol. The van der Waals surface area contributed by atoms with E-state index in [1.807, 2.05) is 19.9 Å². The highest BCUT2D eigenvalue weighted by molar-refractivity contribution is 5.28. The highest BCUT2D eigenvalue weighted by atomic mass is 16.5. The zero-order valence-corrected chi connectivity index (χ0v) is 10.6. The molecule has 94 valence electrons. The minimum absolute atomic E-state index is 0.309. The third-order valence-corrected chi connectivity index (χ3v) is 3.21. The summed E-state index contributed by atoms with van der Waals surface area (Å²) >= 11 is 0. The van der Waals surface area contributed by atoms with Crippen LogP contribution in [0.2, 0.25) is 0 Å². The van der Waals surface area contributed by atoms with Crippen LogP contribution in [0.4, 0.5) is 0 Å². The Balaban J connectivity index is 2.30. The molecule has 1 aliphatic rings. The number of hydrogen-bond donors (Lipinski definition) is 1. The zero-order valence-electron chi connectivity index (χ0n) is 10.6. The molecule has 0 aliphatic carbocycles. The summed E-state index contributed by atoms with van der Waals surface area (Å²) < 4.78 is 10.8. The first-order chi connectivity index (χ1) is 7.95. The van der Waals surface area contributed by atoms with Gasteiger partial charge in [-0.2, -0.15) is 0 Å². The summed E-state index contributed by atoms with van der Waals surface area (Å²) in [5.41, 5.74) is -0.382. The maximum Gasteiger partial charge on any atom is 0.137 e. The maximum absolute atomic E-state index is 10.7. The van der Waals surface area contributed by atoms with Gasteiger partial charge in [-0.3, -0.25) is 4.98 Å². The summed E-state index contributed by atoms with van der Waals surface area (Å²) in [5.74, 6) is 0.667. The molecule has 0 radical (unpaired) electrons. The topological polar surface area (TPSA) is 51.6 Å². The van der Waals surface area contributed by atoms with Crippen molar-refractivity contribution in [2.75, 3.05) is 13.7 Å². The first-order valence-corrected chi connectivity index (χ1v) is 5.81. The van der Waals surface area contributed by atoms with Gasteiger partial charge < -0.3 is 14.6 Å². The molecule has 2 rings (SSSR count). The van der Waals surface area contributed by atoms with Crippen molar-refractivity contribution >= 4 is 0 Å². The van der Waals surface area contributed by atoms with E-state index in [2.05, 4.69) is 4.98 Å². The van der Waals surface area contributed by atoms with Gasteiger partial charge in [-0.25, -0.2) is 0 Å². The van der Waals surface area contributed by atoms with Crippen molar-refractivity contribution in [1.82, 2.24) is 4.98 Å². The Hall–Kier alpha value is -1.13. The van der Waals surface area contributed by atoms with Crippen LogP contribution in [-0.4, -0.2) is 29.4 Å². The second-order valence-electron chi connectivity index (χ2n) is 5.18. The van der Waals surface area contributed by atoms with E-state index >= 15 is 0 Å². The summed E-state index contributed by atoms with van der Waals surface area (Å²) in [6.45, 7) is 4.54. The van der Waals surface area contributed by atoms with Crippen LogP contribution in [0.25, 0.3) is 0 Å². The fourth-order valence-electron chi connectivity index (χ4n) is 2.37.